The van der Waals surface area contributed by atoms with E-state index in [0.717, 1.165) is 40.1 Å². The van der Waals surface area contributed by atoms with Gasteiger partial charge in [-0.05, 0) is 48.0 Å². The average Bonchev–Trinajstić information content (AvgIpc) is 3.40. The lowest BCUT2D eigenvalue weighted by molar-refractivity contribution is -0.137. The molecule has 0 bridgehead atoms. The second kappa shape index (κ2) is 10.8. The minimum atomic E-state index is -4.59. The molecule has 2 aliphatic heterocycles. The number of rotatable bonds is 5. The fourth-order valence-corrected chi connectivity index (χ4v) is 8.13. The van der Waals surface area contributed by atoms with E-state index in [-0.39, 0.29) is 5.69 Å². The molecule has 0 radical (unpaired) electrons. The van der Waals surface area contributed by atoms with E-state index < -0.39 is 58.0 Å². The molecule has 1 saturated heterocycles. The summed E-state index contributed by atoms with van der Waals surface area (Å²) in [6.07, 6.45) is -4.59. The molecular formula is C29H19ClF3N3O4S2. The maximum absolute atomic E-state index is 13.8. The third-order valence-corrected chi connectivity index (χ3v) is 9.92. The van der Waals surface area contributed by atoms with Gasteiger partial charge in [-0.3, -0.25) is 23.7 Å². The monoisotopic (exact) mass is 629 g/mol. The Morgan fingerprint density at radius 3 is 2.33 bits per heavy atom. The van der Waals surface area contributed by atoms with Crippen LogP contribution in [-0.4, -0.2) is 27.5 Å². The first-order valence-corrected chi connectivity index (χ1v) is 14.7. The molecule has 13 heteroatoms. The molecule has 2 aliphatic rings. The number of fused-ring (bicyclic) bond motifs is 2. The van der Waals surface area contributed by atoms with Gasteiger partial charge in [0.15, 0.2) is 0 Å². The molecule has 1 fully saturated rings. The van der Waals surface area contributed by atoms with Gasteiger partial charge in [0.25, 0.3) is 0 Å². The number of hydrogen-bond donors (Lipinski definition) is 1. The number of benzene rings is 3. The van der Waals surface area contributed by atoms with Gasteiger partial charge in [-0.25, -0.2) is 4.90 Å². The maximum atomic E-state index is 13.8. The SMILES string of the molecule is O=C(Cn1c2c(sc1=O)[C@H](c1ccc(Cl)cc1)C1C(=O)N(c3ccccc3)C(=O)C1S2)Nc1cccc(C(F)(F)F)c1. The van der Waals surface area contributed by atoms with Crippen LogP contribution in [0.1, 0.15) is 21.9 Å². The number of para-hydroxylation sites is 1. The number of halogens is 4. The molecule has 2 unspecified atom stereocenters. The number of anilines is 2. The van der Waals surface area contributed by atoms with Crippen LogP contribution in [0.2, 0.25) is 5.02 Å². The fraction of sp³-hybridized carbons (Fsp3) is 0.172. The number of thiazole rings is 1. The zero-order valence-electron chi connectivity index (χ0n) is 21.3. The van der Waals surface area contributed by atoms with Crippen LogP contribution >= 0.6 is 34.7 Å². The van der Waals surface area contributed by atoms with Crippen molar-refractivity contribution >= 4 is 63.8 Å². The van der Waals surface area contributed by atoms with E-state index in [1.54, 1.807) is 54.6 Å². The Balaban J connectivity index is 1.37. The molecule has 3 atom stereocenters. The van der Waals surface area contributed by atoms with Crippen molar-refractivity contribution in [3.05, 3.63) is 110 Å². The molecule has 0 saturated carbocycles. The van der Waals surface area contributed by atoms with Crippen molar-refractivity contribution in [2.75, 3.05) is 10.2 Å². The van der Waals surface area contributed by atoms with Crippen molar-refractivity contribution in [2.24, 2.45) is 5.92 Å². The van der Waals surface area contributed by atoms with E-state index in [9.17, 15) is 32.3 Å². The summed E-state index contributed by atoms with van der Waals surface area (Å²) in [4.78, 5) is 54.9. The van der Waals surface area contributed by atoms with E-state index in [4.69, 9.17) is 11.6 Å². The number of imide groups is 1. The van der Waals surface area contributed by atoms with E-state index in [2.05, 4.69) is 5.32 Å². The predicted octanol–water partition coefficient (Wildman–Crippen LogP) is 6.02. The molecule has 1 N–H and O–H groups in total. The zero-order chi connectivity index (χ0) is 29.8. The van der Waals surface area contributed by atoms with Crippen molar-refractivity contribution < 1.29 is 27.6 Å². The quantitative estimate of drug-likeness (QED) is 0.273. The Labute approximate surface area is 249 Å². The van der Waals surface area contributed by atoms with Crippen molar-refractivity contribution in [1.82, 2.24) is 4.57 Å². The highest BCUT2D eigenvalue weighted by Gasteiger charge is 2.56. The Bertz CT molecular complexity index is 1770. The lowest BCUT2D eigenvalue weighted by Crippen LogP contribution is -2.33. The van der Waals surface area contributed by atoms with Crippen molar-refractivity contribution in [3.8, 4) is 0 Å². The summed E-state index contributed by atoms with van der Waals surface area (Å²) in [5.74, 6) is -3.04. The molecule has 3 heterocycles. The number of aromatic nitrogens is 1. The summed E-state index contributed by atoms with van der Waals surface area (Å²) < 4.78 is 40.6. The molecule has 4 aromatic rings. The topological polar surface area (TPSA) is 88.5 Å². The second-order valence-electron chi connectivity index (χ2n) is 9.69. The van der Waals surface area contributed by atoms with Crippen LogP contribution in [0.3, 0.4) is 0 Å². The largest absolute Gasteiger partial charge is 0.416 e. The zero-order valence-corrected chi connectivity index (χ0v) is 23.7. The minimum Gasteiger partial charge on any atom is -0.325 e. The third kappa shape index (κ3) is 5.03. The number of nitrogens with one attached hydrogen (secondary N) is 1. The first kappa shape index (κ1) is 28.3. The summed E-state index contributed by atoms with van der Waals surface area (Å²) in [6, 6.07) is 19.5. The molecule has 0 aliphatic carbocycles. The van der Waals surface area contributed by atoms with Gasteiger partial charge in [-0.1, -0.05) is 71.1 Å². The van der Waals surface area contributed by atoms with E-state index >= 15 is 0 Å². The first-order valence-electron chi connectivity index (χ1n) is 12.6. The van der Waals surface area contributed by atoms with E-state index in [1.165, 1.54) is 16.7 Å². The highest BCUT2D eigenvalue weighted by atomic mass is 35.5. The van der Waals surface area contributed by atoms with E-state index in [1.807, 2.05) is 0 Å². The van der Waals surface area contributed by atoms with Crippen LogP contribution in [-0.2, 0) is 27.1 Å². The number of hydrogen-bond acceptors (Lipinski definition) is 6. The number of nitrogens with zero attached hydrogens (tertiary/aromatic N) is 2. The summed E-state index contributed by atoms with van der Waals surface area (Å²) in [6.45, 7) is -0.497. The molecular weight excluding hydrogens is 611 g/mol. The highest BCUT2D eigenvalue weighted by molar-refractivity contribution is 8.00. The summed E-state index contributed by atoms with van der Waals surface area (Å²) in [5, 5.41) is 2.37. The standard InChI is InChI=1S/C29H19ClF3N3O4S2/c30-17-11-9-15(10-12-17)21-22-23(26(39)36(25(22)38)19-7-2-1-3-8-19)41-27-24(21)42-28(40)35(27)14-20(37)34-18-6-4-5-16(13-18)29(31,32)33/h1-13,21-23H,14H2,(H,34,37)/t21-,22?,23?/m1/s1. The van der Waals surface area contributed by atoms with Gasteiger partial charge in [0.05, 0.1) is 22.2 Å². The molecule has 1 aromatic heterocycles. The first-order chi connectivity index (χ1) is 20.0. The Morgan fingerprint density at radius 2 is 1.64 bits per heavy atom. The van der Waals surface area contributed by atoms with Crippen LogP contribution in [0, 0.1) is 5.92 Å². The molecule has 214 valence electrons. The third-order valence-electron chi connectivity index (χ3n) is 7.07. The molecule has 6 rings (SSSR count). The molecule has 3 amide bonds. The van der Waals surface area contributed by atoms with Gasteiger partial charge in [-0.15, -0.1) is 0 Å². The number of amides is 3. The maximum Gasteiger partial charge on any atom is 0.416 e. The summed E-state index contributed by atoms with van der Waals surface area (Å²) in [5.41, 5.74) is 0.103. The second-order valence-corrected chi connectivity index (χ2v) is 12.3. The number of carbonyl (C=O) groups excluding carboxylic acids is 3. The van der Waals surface area contributed by atoms with Gasteiger partial charge in [-0.2, -0.15) is 13.2 Å². The minimum absolute atomic E-state index is 0.0752. The van der Waals surface area contributed by atoms with Crippen LogP contribution in [0.4, 0.5) is 24.5 Å². The van der Waals surface area contributed by atoms with Gasteiger partial charge >= 0.3 is 11.0 Å². The summed E-state index contributed by atoms with van der Waals surface area (Å²) >= 11 is 8.03. The van der Waals surface area contributed by atoms with E-state index in [0.29, 0.717) is 26.2 Å². The van der Waals surface area contributed by atoms with Gasteiger partial charge < -0.3 is 5.32 Å². The van der Waals surface area contributed by atoms with Gasteiger partial charge in [0, 0.05) is 21.5 Å². The Hall–Kier alpha value is -3.87. The average molecular weight is 630 g/mol. The number of thioether (sulfide) groups is 1. The van der Waals surface area contributed by atoms with Crippen LogP contribution in [0.25, 0.3) is 0 Å². The van der Waals surface area contributed by atoms with Crippen LogP contribution < -0.4 is 15.1 Å². The lowest BCUT2D eigenvalue weighted by Gasteiger charge is -2.30. The Morgan fingerprint density at radius 1 is 0.929 bits per heavy atom. The van der Waals surface area contributed by atoms with Crippen molar-refractivity contribution in [1.29, 1.82) is 0 Å². The van der Waals surface area contributed by atoms with Crippen LogP contribution in [0.5, 0.6) is 0 Å². The lowest BCUT2D eigenvalue weighted by atomic mass is 9.83. The number of alkyl halides is 3. The predicted molar refractivity (Wildman–Crippen MR) is 154 cm³/mol. The normalized spacial score (nSPS) is 19.9. The van der Waals surface area contributed by atoms with Crippen molar-refractivity contribution in [2.45, 2.75) is 28.9 Å². The molecule has 7 nitrogen and oxygen atoms in total. The smallest absolute Gasteiger partial charge is 0.325 e. The highest BCUT2D eigenvalue weighted by Crippen LogP contribution is 2.54. The number of carbonyl (C=O) groups is 3. The van der Waals surface area contributed by atoms with Crippen molar-refractivity contribution in [3.63, 3.8) is 0 Å². The fourth-order valence-electron chi connectivity index (χ4n) is 5.23. The summed E-state index contributed by atoms with van der Waals surface area (Å²) in [7, 11) is 0. The molecule has 3 aromatic carbocycles. The van der Waals surface area contributed by atoms with Crippen LogP contribution in [0.15, 0.2) is 88.7 Å². The van der Waals surface area contributed by atoms with Gasteiger partial charge in [0.1, 0.15) is 11.8 Å². The Kier molecular flexibility index (Phi) is 7.24. The van der Waals surface area contributed by atoms with Gasteiger partial charge in [0.2, 0.25) is 17.7 Å². The molecule has 0 spiro atoms. The molecule has 42 heavy (non-hydrogen) atoms.